The molecule has 6 aromatic rings. The lowest BCUT2D eigenvalue weighted by Crippen LogP contribution is -2.12. The standard InChI is InChI=1S/C43H40N2/c1-7-35-17-23-42(29-33(35)5)45(41-16-10-13-32(4)27-41)43-24-20-37(28-34(43)6)36-18-21-38(22-19-36)44(39-14-8-11-30(2)25-39)40-15-9-12-31(3)26-40/h7-29H,1H2,2-6H3. The summed E-state index contributed by atoms with van der Waals surface area (Å²) in [6.07, 6.45) is 1.92. The van der Waals surface area contributed by atoms with Gasteiger partial charge in [0.2, 0.25) is 0 Å². The fourth-order valence-corrected chi connectivity index (χ4v) is 6.09. The van der Waals surface area contributed by atoms with E-state index < -0.39 is 0 Å². The first-order chi connectivity index (χ1) is 21.8. The predicted molar refractivity (Wildman–Crippen MR) is 195 cm³/mol. The Morgan fingerprint density at radius 2 is 0.911 bits per heavy atom. The minimum atomic E-state index is 1.13. The molecule has 0 unspecified atom stereocenters. The Balaban J connectivity index is 1.37. The molecule has 0 N–H and O–H groups in total. The lowest BCUT2D eigenvalue weighted by molar-refractivity contribution is 1.23. The van der Waals surface area contributed by atoms with Crippen molar-refractivity contribution in [2.45, 2.75) is 34.6 Å². The summed E-state index contributed by atoms with van der Waals surface area (Å²) in [5.41, 5.74) is 16.6. The molecule has 2 heteroatoms. The van der Waals surface area contributed by atoms with Gasteiger partial charge < -0.3 is 9.80 Å². The van der Waals surface area contributed by atoms with Crippen molar-refractivity contribution in [3.8, 4) is 11.1 Å². The molecule has 0 bridgehead atoms. The third-order valence-electron chi connectivity index (χ3n) is 8.41. The Morgan fingerprint density at radius 1 is 0.422 bits per heavy atom. The topological polar surface area (TPSA) is 6.48 Å². The average molecular weight is 585 g/mol. The number of anilines is 6. The van der Waals surface area contributed by atoms with Crippen LogP contribution in [0.4, 0.5) is 34.1 Å². The molecule has 0 aliphatic heterocycles. The Labute approximate surface area is 268 Å². The van der Waals surface area contributed by atoms with Gasteiger partial charge in [0.25, 0.3) is 0 Å². The Kier molecular flexibility index (Phi) is 8.40. The molecular weight excluding hydrogens is 544 g/mol. The highest BCUT2D eigenvalue weighted by atomic mass is 15.1. The Morgan fingerprint density at radius 3 is 1.40 bits per heavy atom. The minimum absolute atomic E-state index is 1.13. The molecule has 0 radical (unpaired) electrons. The van der Waals surface area contributed by atoms with Crippen LogP contribution in [0.25, 0.3) is 17.2 Å². The molecule has 0 amide bonds. The van der Waals surface area contributed by atoms with Crippen molar-refractivity contribution in [3.63, 3.8) is 0 Å². The van der Waals surface area contributed by atoms with Gasteiger partial charge in [-0.1, -0.05) is 73.3 Å². The van der Waals surface area contributed by atoms with E-state index in [1.54, 1.807) is 0 Å². The summed E-state index contributed by atoms with van der Waals surface area (Å²) in [6.45, 7) is 14.8. The number of benzene rings is 6. The van der Waals surface area contributed by atoms with Gasteiger partial charge in [-0.05, 0) is 152 Å². The third kappa shape index (κ3) is 6.32. The van der Waals surface area contributed by atoms with Gasteiger partial charge in [-0.3, -0.25) is 0 Å². The SMILES string of the molecule is C=Cc1ccc(N(c2cccc(C)c2)c2ccc(-c3ccc(N(c4cccc(C)c4)c4cccc(C)c4)cc3)cc2C)cc1C. The molecule has 2 nitrogen and oxygen atoms in total. The van der Waals surface area contributed by atoms with E-state index in [9.17, 15) is 0 Å². The van der Waals surface area contributed by atoms with Gasteiger partial charge >= 0.3 is 0 Å². The second-order valence-corrected chi connectivity index (χ2v) is 12.0. The Hall–Kier alpha value is -5.34. The zero-order valence-electron chi connectivity index (χ0n) is 26.9. The van der Waals surface area contributed by atoms with Crippen molar-refractivity contribution < 1.29 is 0 Å². The largest absolute Gasteiger partial charge is 0.310 e. The van der Waals surface area contributed by atoms with Crippen LogP contribution in [0.3, 0.4) is 0 Å². The lowest BCUT2D eigenvalue weighted by Gasteiger charge is -2.28. The van der Waals surface area contributed by atoms with Gasteiger partial charge in [0.05, 0.1) is 0 Å². The summed E-state index contributed by atoms with van der Waals surface area (Å²) in [6, 6.07) is 48.4. The van der Waals surface area contributed by atoms with Gasteiger partial charge in [0.1, 0.15) is 0 Å². The summed E-state index contributed by atoms with van der Waals surface area (Å²) in [7, 11) is 0. The number of nitrogens with zero attached hydrogens (tertiary/aromatic N) is 2. The van der Waals surface area contributed by atoms with Gasteiger partial charge in [0, 0.05) is 34.1 Å². The van der Waals surface area contributed by atoms with E-state index in [0.29, 0.717) is 0 Å². The van der Waals surface area contributed by atoms with Crippen LogP contribution in [-0.4, -0.2) is 0 Å². The quantitative estimate of drug-likeness (QED) is 0.176. The summed E-state index contributed by atoms with van der Waals surface area (Å²) >= 11 is 0. The summed E-state index contributed by atoms with van der Waals surface area (Å²) in [4.78, 5) is 4.69. The predicted octanol–water partition coefficient (Wildman–Crippen LogP) is 12.5. The molecule has 0 aliphatic rings. The molecule has 0 aliphatic carbocycles. The van der Waals surface area contributed by atoms with E-state index >= 15 is 0 Å². The van der Waals surface area contributed by atoms with E-state index in [1.807, 2.05) is 6.08 Å². The highest BCUT2D eigenvalue weighted by Gasteiger charge is 2.17. The van der Waals surface area contributed by atoms with Crippen molar-refractivity contribution in [3.05, 3.63) is 173 Å². The van der Waals surface area contributed by atoms with E-state index in [1.165, 1.54) is 38.9 Å². The highest BCUT2D eigenvalue weighted by Crippen LogP contribution is 2.40. The maximum absolute atomic E-state index is 3.98. The van der Waals surface area contributed by atoms with Crippen molar-refractivity contribution in [1.29, 1.82) is 0 Å². The van der Waals surface area contributed by atoms with Crippen LogP contribution in [-0.2, 0) is 0 Å². The molecular formula is C43H40N2. The molecule has 0 heterocycles. The maximum Gasteiger partial charge on any atom is 0.0491 e. The van der Waals surface area contributed by atoms with Crippen LogP contribution in [0.5, 0.6) is 0 Å². The second-order valence-electron chi connectivity index (χ2n) is 12.0. The summed E-state index contributed by atoms with van der Waals surface area (Å²) < 4.78 is 0. The van der Waals surface area contributed by atoms with Crippen LogP contribution < -0.4 is 9.80 Å². The van der Waals surface area contributed by atoms with E-state index in [0.717, 1.165) is 39.7 Å². The maximum atomic E-state index is 3.98. The van der Waals surface area contributed by atoms with Gasteiger partial charge in [-0.25, -0.2) is 0 Å². The third-order valence-corrected chi connectivity index (χ3v) is 8.41. The highest BCUT2D eigenvalue weighted by molar-refractivity contribution is 5.83. The fourth-order valence-electron chi connectivity index (χ4n) is 6.09. The first-order valence-corrected chi connectivity index (χ1v) is 15.6. The molecule has 222 valence electrons. The summed E-state index contributed by atoms with van der Waals surface area (Å²) in [5, 5.41) is 0. The lowest BCUT2D eigenvalue weighted by atomic mass is 10.00. The molecule has 0 atom stereocenters. The number of hydrogen-bond donors (Lipinski definition) is 0. The second kappa shape index (κ2) is 12.7. The number of hydrogen-bond acceptors (Lipinski definition) is 2. The average Bonchev–Trinajstić information content (AvgIpc) is 3.03. The molecule has 6 aromatic carbocycles. The van der Waals surface area contributed by atoms with Gasteiger partial charge in [0.15, 0.2) is 0 Å². The normalized spacial score (nSPS) is 10.9. The fraction of sp³-hybridized carbons (Fsp3) is 0.116. The summed E-state index contributed by atoms with van der Waals surface area (Å²) in [5.74, 6) is 0. The van der Waals surface area contributed by atoms with Crippen molar-refractivity contribution in [2.24, 2.45) is 0 Å². The van der Waals surface area contributed by atoms with Crippen molar-refractivity contribution in [2.75, 3.05) is 9.80 Å². The zero-order chi connectivity index (χ0) is 31.5. The molecule has 0 fully saturated rings. The van der Waals surface area contributed by atoms with Crippen LogP contribution in [0, 0.1) is 34.6 Å². The minimum Gasteiger partial charge on any atom is -0.310 e. The molecule has 45 heavy (non-hydrogen) atoms. The zero-order valence-corrected chi connectivity index (χ0v) is 26.9. The molecule has 0 saturated carbocycles. The number of aryl methyl sites for hydroxylation is 5. The van der Waals surface area contributed by atoms with E-state index in [4.69, 9.17) is 0 Å². The monoisotopic (exact) mass is 584 g/mol. The smallest absolute Gasteiger partial charge is 0.0491 e. The van der Waals surface area contributed by atoms with E-state index in [2.05, 4.69) is 184 Å². The van der Waals surface area contributed by atoms with Crippen LogP contribution >= 0.6 is 0 Å². The molecule has 6 rings (SSSR count). The molecule has 0 aromatic heterocycles. The van der Waals surface area contributed by atoms with Crippen LogP contribution in [0.2, 0.25) is 0 Å². The number of rotatable bonds is 8. The first-order valence-electron chi connectivity index (χ1n) is 15.6. The van der Waals surface area contributed by atoms with Crippen molar-refractivity contribution >= 4 is 40.2 Å². The van der Waals surface area contributed by atoms with Crippen LogP contribution in [0.15, 0.2) is 140 Å². The van der Waals surface area contributed by atoms with Gasteiger partial charge in [-0.2, -0.15) is 0 Å². The Bertz CT molecular complexity index is 1940. The van der Waals surface area contributed by atoms with Gasteiger partial charge in [-0.15, -0.1) is 0 Å². The molecule has 0 saturated heterocycles. The van der Waals surface area contributed by atoms with Crippen molar-refractivity contribution in [1.82, 2.24) is 0 Å². The van der Waals surface area contributed by atoms with E-state index in [-0.39, 0.29) is 0 Å². The van der Waals surface area contributed by atoms with Crippen LogP contribution in [0.1, 0.15) is 33.4 Å². The first kappa shape index (κ1) is 29.7. The molecule has 0 spiro atoms.